The van der Waals surface area contributed by atoms with Crippen molar-refractivity contribution in [2.75, 3.05) is 20.3 Å². The van der Waals surface area contributed by atoms with Crippen LogP contribution in [0.15, 0.2) is 48.5 Å². The number of hydroxylamine groups is 2. The zero-order chi connectivity index (χ0) is 15.9. The molecule has 0 spiro atoms. The van der Waals surface area contributed by atoms with Gasteiger partial charge in [-0.25, -0.2) is 5.06 Å². The molecule has 0 saturated heterocycles. The molecule has 0 unspecified atom stereocenters. The molecule has 1 amide bonds. The molecule has 22 heavy (non-hydrogen) atoms. The standard InChI is InChI=1S/C15H14O.C3H7NO2/c1-16-10-15-13-8-4-2-6-11(13)12-7-3-5-9-14(12)15;1-2-4(6)3-5/h2-9,15H,10H2,1H3;3,6H,2H2,1H3. The number of hydrogen-bond donors (Lipinski definition) is 1. The molecule has 0 heterocycles. The minimum absolute atomic E-state index is 0.351. The summed E-state index contributed by atoms with van der Waals surface area (Å²) in [5, 5.41) is 8.70. The largest absolute Gasteiger partial charge is 0.384 e. The number of ether oxygens (including phenoxy) is 1. The highest BCUT2D eigenvalue weighted by Crippen LogP contribution is 2.44. The van der Waals surface area contributed by atoms with Gasteiger partial charge in [0.15, 0.2) is 0 Å². The number of nitrogens with zero attached hydrogens (tertiary/aromatic N) is 1. The van der Waals surface area contributed by atoms with Gasteiger partial charge >= 0.3 is 0 Å². The van der Waals surface area contributed by atoms with Gasteiger partial charge in [0.05, 0.1) is 6.61 Å². The highest BCUT2D eigenvalue weighted by atomic mass is 16.5. The first-order valence-corrected chi connectivity index (χ1v) is 7.30. The summed E-state index contributed by atoms with van der Waals surface area (Å²) in [6.07, 6.45) is 0.361. The third-order valence-electron chi connectivity index (χ3n) is 3.74. The molecule has 0 saturated carbocycles. The Labute approximate surface area is 130 Å². The molecule has 116 valence electrons. The second kappa shape index (κ2) is 7.73. The summed E-state index contributed by atoms with van der Waals surface area (Å²) in [5.74, 6) is 0.400. The fraction of sp³-hybridized carbons (Fsp3) is 0.278. The fourth-order valence-corrected chi connectivity index (χ4v) is 2.68. The molecular formula is C18H21NO3. The van der Waals surface area contributed by atoms with Crippen LogP contribution in [0.5, 0.6) is 0 Å². The van der Waals surface area contributed by atoms with Gasteiger partial charge in [-0.2, -0.15) is 0 Å². The summed E-state index contributed by atoms with van der Waals surface area (Å²) < 4.78 is 5.34. The summed E-state index contributed by atoms with van der Waals surface area (Å²) in [4.78, 5) is 9.41. The Balaban J connectivity index is 0.000000254. The van der Waals surface area contributed by atoms with Gasteiger partial charge in [0.2, 0.25) is 6.41 Å². The van der Waals surface area contributed by atoms with Gasteiger partial charge in [-0.05, 0) is 29.2 Å². The Kier molecular flexibility index (Phi) is 5.69. The molecule has 1 aliphatic carbocycles. The van der Waals surface area contributed by atoms with E-state index in [1.165, 1.54) is 22.3 Å². The van der Waals surface area contributed by atoms with Gasteiger partial charge in [0.25, 0.3) is 0 Å². The molecule has 1 N–H and O–H groups in total. The predicted octanol–water partition coefficient (Wildman–Crippen LogP) is 3.30. The smallest absolute Gasteiger partial charge is 0.233 e. The van der Waals surface area contributed by atoms with Crippen LogP contribution in [-0.4, -0.2) is 36.9 Å². The van der Waals surface area contributed by atoms with Gasteiger partial charge in [0, 0.05) is 19.6 Å². The molecule has 0 aliphatic heterocycles. The van der Waals surface area contributed by atoms with E-state index in [1.54, 1.807) is 14.0 Å². The lowest BCUT2D eigenvalue weighted by Gasteiger charge is -2.11. The van der Waals surface area contributed by atoms with Gasteiger partial charge < -0.3 is 4.74 Å². The normalized spacial score (nSPS) is 12.0. The van der Waals surface area contributed by atoms with Crippen LogP contribution in [0.1, 0.15) is 24.0 Å². The Morgan fingerprint density at radius 1 is 1.09 bits per heavy atom. The maximum atomic E-state index is 9.41. The molecule has 1 aliphatic rings. The van der Waals surface area contributed by atoms with Gasteiger partial charge in [-0.1, -0.05) is 48.5 Å². The van der Waals surface area contributed by atoms with E-state index in [4.69, 9.17) is 9.94 Å². The van der Waals surface area contributed by atoms with E-state index in [0.29, 0.717) is 23.9 Å². The lowest BCUT2D eigenvalue weighted by atomic mass is 9.98. The number of amides is 1. The van der Waals surface area contributed by atoms with Gasteiger partial charge in [0.1, 0.15) is 0 Å². The van der Waals surface area contributed by atoms with Crippen molar-refractivity contribution in [2.24, 2.45) is 0 Å². The molecule has 2 aromatic carbocycles. The molecule has 0 fully saturated rings. The summed E-state index contributed by atoms with van der Waals surface area (Å²) in [7, 11) is 1.77. The van der Waals surface area contributed by atoms with E-state index in [2.05, 4.69) is 48.5 Å². The molecule has 3 rings (SSSR count). The number of carbonyl (C=O) groups excluding carboxylic acids is 1. The third kappa shape index (κ3) is 3.35. The molecule has 2 aromatic rings. The SMILES string of the molecule is CCN(O)C=O.COCC1c2ccccc2-c2ccccc21. The predicted molar refractivity (Wildman–Crippen MR) is 85.8 cm³/mol. The van der Waals surface area contributed by atoms with Crippen molar-refractivity contribution < 1.29 is 14.7 Å². The van der Waals surface area contributed by atoms with Crippen LogP contribution in [0.25, 0.3) is 11.1 Å². The lowest BCUT2D eigenvalue weighted by molar-refractivity contribution is -0.148. The van der Waals surface area contributed by atoms with Crippen molar-refractivity contribution >= 4 is 6.41 Å². The van der Waals surface area contributed by atoms with E-state index >= 15 is 0 Å². The fourth-order valence-electron chi connectivity index (χ4n) is 2.68. The second-order valence-electron chi connectivity index (χ2n) is 5.04. The summed E-state index contributed by atoms with van der Waals surface area (Å²) in [5.41, 5.74) is 5.51. The molecule has 0 atom stereocenters. The number of hydrogen-bond acceptors (Lipinski definition) is 3. The van der Waals surface area contributed by atoms with E-state index in [-0.39, 0.29) is 0 Å². The Bertz CT molecular complexity index is 582. The monoisotopic (exact) mass is 299 g/mol. The Morgan fingerprint density at radius 3 is 1.95 bits per heavy atom. The molecule has 0 aromatic heterocycles. The minimum atomic E-state index is 0.351. The second-order valence-corrected chi connectivity index (χ2v) is 5.04. The zero-order valence-corrected chi connectivity index (χ0v) is 12.9. The first-order chi connectivity index (χ1) is 10.7. The van der Waals surface area contributed by atoms with Gasteiger partial charge in [-0.15, -0.1) is 0 Å². The molecule has 0 bridgehead atoms. The van der Waals surface area contributed by atoms with Crippen LogP contribution in [0.4, 0.5) is 0 Å². The van der Waals surface area contributed by atoms with Crippen molar-refractivity contribution in [1.82, 2.24) is 5.06 Å². The van der Waals surface area contributed by atoms with Crippen molar-refractivity contribution in [3.8, 4) is 11.1 Å². The van der Waals surface area contributed by atoms with E-state index in [0.717, 1.165) is 6.61 Å². The molecule has 4 heteroatoms. The number of carbonyl (C=O) groups is 1. The van der Waals surface area contributed by atoms with Crippen LogP contribution in [-0.2, 0) is 9.53 Å². The average Bonchev–Trinajstić information content (AvgIpc) is 2.90. The first kappa shape index (κ1) is 16.2. The van der Waals surface area contributed by atoms with Crippen LogP contribution in [0, 0.1) is 0 Å². The summed E-state index contributed by atoms with van der Waals surface area (Å²) in [6, 6.07) is 17.2. The minimum Gasteiger partial charge on any atom is -0.384 e. The molecule has 4 nitrogen and oxygen atoms in total. The Morgan fingerprint density at radius 2 is 1.59 bits per heavy atom. The lowest BCUT2D eigenvalue weighted by Crippen LogP contribution is -2.14. The molecule has 0 radical (unpaired) electrons. The van der Waals surface area contributed by atoms with E-state index in [1.807, 2.05) is 0 Å². The Hall–Kier alpha value is -2.17. The molecular weight excluding hydrogens is 278 g/mol. The summed E-state index contributed by atoms with van der Waals surface area (Å²) >= 11 is 0. The zero-order valence-electron chi connectivity index (χ0n) is 12.9. The van der Waals surface area contributed by atoms with Crippen molar-refractivity contribution in [2.45, 2.75) is 12.8 Å². The first-order valence-electron chi connectivity index (χ1n) is 7.30. The van der Waals surface area contributed by atoms with Crippen molar-refractivity contribution in [3.05, 3.63) is 59.7 Å². The van der Waals surface area contributed by atoms with Gasteiger partial charge in [-0.3, -0.25) is 10.0 Å². The number of rotatable bonds is 4. The van der Waals surface area contributed by atoms with Crippen LogP contribution in [0.2, 0.25) is 0 Å². The van der Waals surface area contributed by atoms with Crippen molar-refractivity contribution in [3.63, 3.8) is 0 Å². The number of benzene rings is 2. The topological polar surface area (TPSA) is 49.8 Å². The average molecular weight is 299 g/mol. The highest BCUT2D eigenvalue weighted by Gasteiger charge is 2.27. The highest BCUT2D eigenvalue weighted by molar-refractivity contribution is 5.78. The van der Waals surface area contributed by atoms with Crippen LogP contribution in [0.3, 0.4) is 0 Å². The van der Waals surface area contributed by atoms with E-state index in [9.17, 15) is 4.79 Å². The van der Waals surface area contributed by atoms with Crippen LogP contribution >= 0.6 is 0 Å². The maximum absolute atomic E-state index is 9.41. The third-order valence-corrected chi connectivity index (χ3v) is 3.74. The number of methoxy groups -OCH3 is 1. The maximum Gasteiger partial charge on any atom is 0.233 e. The van der Waals surface area contributed by atoms with Crippen LogP contribution < -0.4 is 0 Å². The number of fused-ring (bicyclic) bond motifs is 3. The van der Waals surface area contributed by atoms with E-state index < -0.39 is 0 Å². The van der Waals surface area contributed by atoms with Crippen molar-refractivity contribution in [1.29, 1.82) is 0 Å². The quantitative estimate of drug-likeness (QED) is 0.535. The summed E-state index contributed by atoms with van der Waals surface area (Å²) in [6.45, 7) is 2.78.